The van der Waals surface area contributed by atoms with Crippen LogP contribution < -0.4 is 0 Å². The van der Waals surface area contributed by atoms with Crippen molar-refractivity contribution in [3.8, 4) is 0 Å². The standard InChI is InChI=1S/C21H25NO6/c1-4-5-7-14-12-17(26-13-14)18(23)16-8-6-10-22(16)11-9-15-19(24)27-21(2,3)28-20(15)25/h6,8,10,12-13,15H,4-5,7,9,11H2,1-3H3. The Hall–Kier alpha value is -2.83. The summed E-state index contributed by atoms with van der Waals surface area (Å²) in [6, 6.07) is 5.21. The molecule has 0 unspecified atom stereocenters. The smallest absolute Gasteiger partial charge is 0.323 e. The molecule has 0 bridgehead atoms. The minimum atomic E-state index is -1.24. The van der Waals surface area contributed by atoms with Crippen LogP contribution in [0.5, 0.6) is 0 Å². The summed E-state index contributed by atoms with van der Waals surface area (Å²) >= 11 is 0. The molecule has 7 nitrogen and oxygen atoms in total. The van der Waals surface area contributed by atoms with Crippen LogP contribution in [0.3, 0.4) is 0 Å². The predicted molar refractivity (Wildman–Crippen MR) is 99.6 cm³/mol. The van der Waals surface area contributed by atoms with Gasteiger partial charge in [0.05, 0.1) is 12.0 Å². The van der Waals surface area contributed by atoms with Crippen molar-refractivity contribution in [2.24, 2.45) is 5.92 Å². The molecule has 0 atom stereocenters. The molecule has 0 spiro atoms. The molecule has 0 aromatic carbocycles. The highest BCUT2D eigenvalue weighted by atomic mass is 16.7. The van der Waals surface area contributed by atoms with Crippen molar-refractivity contribution in [3.63, 3.8) is 0 Å². The van der Waals surface area contributed by atoms with Crippen molar-refractivity contribution >= 4 is 17.7 Å². The number of ketones is 1. The quantitative estimate of drug-likeness (QED) is 0.391. The van der Waals surface area contributed by atoms with E-state index in [0.29, 0.717) is 12.2 Å². The molecule has 0 N–H and O–H groups in total. The lowest BCUT2D eigenvalue weighted by atomic mass is 10.0. The molecule has 1 aliphatic heterocycles. The second-order valence-electron chi connectivity index (χ2n) is 7.42. The van der Waals surface area contributed by atoms with Crippen molar-refractivity contribution in [3.05, 3.63) is 47.7 Å². The number of aromatic nitrogens is 1. The predicted octanol–water partition coefficient (Wildman–Crippen LogP) is 3.50. The zero-order valence-corrected chi connectivity index (χ0v) is 16.4. The van der Waals surface area contributed by atoms with Gasteiger partial charge in [-0.2, -0.15) is 0 Å². The number of hydrogen-bond acceptors (Lipinski definition) is 6. The van der Waals surface area contributed by atoms with E-state index in [1.807, 2.05) is 0 Å². The molecular weight excluding hydrogens is 362 g/mol. The molecule has 0 radical (unpaired) electrons. The van der Waals surface area contributed by atoms with Crippen LogP contribution in [0.4, 0.5) is 0 Å². The first-order chi connectivity index (χ1) is 13.3. The molecule has 0 amide bonds. The SMILES string of the molecule is CCCCc1coc(C(=O)c2cccn2CCC2C(=O)OC(C)(C)OC2=O)c1. The second-order valence-corrected chi connectivity index (χ2v) is 7.42. The summed E-state index contributed by atoms with van der Waals surface area (Å²) < 4.78 is 17.4. The molecule has 1 fully saturated rings. The van der Waals surface area contributed by atoms with E-state index in [1.165, 1.54) is 13.8 Å². The first kappa shape index (κ1) is 19.9. The van der Waals surface area contributed by atoms with Gasteiger partial charge in [-0.3, -0.25) is 14.4 Å². The average Bonchev–Trinajstić information content (AvgIpc) is 3.27. The Labute approximate surface area is 163 Å². The van der Waals surface area contributed by atoms with Crippen LogP contribution in [0.15, 0.2) is 35.1 Å². The molecule has 0 aliphatic carbocycles. The van der Waals surface area contributed by atoms with Crippen molar-refractivity contribution in [1.29, 1.82) is 0 Å². The summed E-state index contributed by atoms with van der Waals surface area (Å²) in [4.78, 5) is 37.0. The molecule has 1 saturated heterocycles. The third-order valence-electron chi connectivity index (χ3n) is 4.68. The summed E-state index contributed by atoms with van der Waals surface area (Å²) in [5.41, 5.74) is 1.44. The van der Waals surface area contributed by atoms with Crippen molar-refractivity contribution < 1.29 is 28.3 Å². The molecule has 0 saturated carbocycles. The fraction of sp³-hybridized carbons (Fsp3) is 0.476. The lowest BCUT2D eigenvalue weighted by Crippen LogP contribution is -2.46. The van der Waals surface area contributed by atoms with Gasteiger partial charge in [0.2, 0.25) is 5.78 Å². The Bertz CT molecular complexity index is 855. The maximum atomic E-state index is 12.8. The lowest BCUT2D eigenvalue weighted by Gasteiger charge is -2.32. The number of furan rings is 1. The summed E-state index contributed by atoms with van der Waals surface area (Å²) in [5.74, 6) is -3.40. The molecule has 150 valence electrons. The van der Waals surface area contributed by atoms with Crippen molar-refractivity contribution in [2.45, 2.75) is 58.8 Å². The molecule has 2 aromatic heterocycles. The number of carbonyl (C=O) groups is 3. The van der Waals surface area contributed by atoms with Crippen LogP contribution in [0, 0.1) is 5.92 Å². The number of nitrogens with zero attached hydrogens (tertiary/aromatic N) is 1. The van der Waals surface area contributed by atoms with Crippen LogP contribution >= 0.6 is 0 Å². The highest BCUT2D eigenvalue weighted by molar-refractivity contribution is 6.06. The summed E-state index contributed by atoms with van der Waals surface area (Å²) in [6.45, 7) is 5.43. The molecule has 3 heterocycles. The van der Waals surface area contributed by atoms with Gasteiger partial charge in [-0.15, -0.1) is 0 Å². The Morgan fingerprint density at radius 1 is 1.21 bits per heavy atom. The molecular formula is C21H25NO6. The van der Waals surface area contributed by atoms with Crippen molar-refractivity contribution in [2.75, 3.05) is 0 Å². The second kappa shape index (κ2) is 8.04. The Morgan fingerprint density at radius 2 is 1.93 bits per heavy atom. The molecule has 3 rings (SSSR count). The van der Waals surface area contributed by atoms with Gasteiger partial charge in [-0.05, 0) is 43.0 Å². The van der Waals surface area contributed by atoms with Crippen LogP contribution in [-0.2, 0) is 32.0 Å². The fourth-order valence-corrected chi connectivity index (χ4v) is 3.20. The first-order valence-electron chi connectivity index (χ1n) is 9.53. The highest BCUT2D eigenvalue weighted by Gasteiger charge is 2.42. The minimum absolute atomic E-state index is 0.183. The van der Waals surface area contributed by atoms with E-state index >= 15 is 0 Å². The number of unbranched alkanes of at least 4 members (excludes halogenated alkanes) is 1. The zero-order chi connectivity index (χ0) is 20.3. The van der Waals surface area contributed by atoms with Gasteiger partial charge < -0.3 is 18.5 Å². The number of cyclic esters (lactones) is 2. The maximum Gasteiger partial charge on any atom is 0.323 e. The van der Waals surface area contributed by atoms with Gasteiger partial charge in [-0.25, -0.2) is 0 Å². The third kappa shape index (κ3) is 4.35. The average molecular weight is 387 g/mol. The van der Waals surface area contributed by atoms with E-state index in [2.05, 4.69) is 6.92 Å². The Balaban J connectivity index is 1.67. The number of ether oxygens (including phenoxy) is 2. The maximum absolute atomic E-state index is 12.8. The lowest BCUT2D eigenvalue weighted by molar-refractivity contribution is -0.240. The van der Waals surface area contributed by atoms with E-state index < -0.39 is 23.6 Å². The number of carbonyl (C=O) groups excluding carboxylic acids is 3. The number of hydrogen-bond donors (Lipinski definition) is 0. The largest absolute Gasteiger partial charge is 0.461 e. The van der Waals surface area contributed by atoms with Gasteiger partial charge in [-0.1, -0.05) is 13.3 Å². The van der Waals surface area contributed by atoms with Gasteiger partial charge in [0.1, 0.15) is 0 Å². The summed E-state index contributed by atoms with van der Waals surface area (Å²) in [6.07, 6.45) is 6.51. The molecule has 28 heavy (non-hydrogen) atoms. The van der Waals surface area contributed by atoms with E-state index in [4.69, 9.17) is 13.9 Å². The van der Waals surface area contributed by atoms with Gasteiger partial charge in [0.25, 0.3) is 5.79 Å². The number of rotatable bonds is 8. The normalized spacial score (nSPS) is 16.7. The van der Waals surface area contributed by atoms with E-state index in [-0.39, 0.29) is 18.0 Å². The number of aryl methyl sites for hydroxylation is 2. The minimum Gasteiger partial charge on any atom is -0.461 e. The first-order valence-corrected chi connectivity index (χ1v) is 9.53. The third-order valence-corrected chi connectivity index (χ3v) is 4.68. The van der Waals surface area contributed by atoms with Crippen LogP contribution in [0.2, 0.25) is 0 Å². The zero-order valence-electron chi connectivity index (χ0n) is 16.4. The Morgan fingerprint density at radius 3 is 2.61 bits per heavy atom. The molecule has 1 aliphatic rings. The monoisotopic (exact) mass is 387 g/mol. The highest BCUT2D eigenvalue weighted by Crippen LogP contribution is 2.26. The van der Waals surface area contributed by atoms with Crippen LogP contribution in [0.25, 0.3) is 0 Å². The molecule has 2 aromatic rings. The van der Waals surface area contributed by atoms with E-state index in [0.717, 1.165) is 24.8 Å². The van der Waals surface area contributed by atoms with E-state index in [9.17, 15) is 14.4 Å². The topological polar surface area (TPSA) is 87.7 Å². The Kier molecular flexibility index (Phi) is 5.72. The van der Waals surface area contributed by atoms with Gasteiger partial charge >= 0.3 is 11.9 Å². The molecule has 7 heteroatoms. The summed E-state index contributed by atoms with van der Waals surface area (Å²) in [7, 11) is 0. The summed E-state index contributed by atoms with van der Waals surface area (Å²) in [5, 5.41) is 0. The fourth-order valence-electron chi connectivity index (χ4n) is 3.20. The van der Waals surface area contributed by atoms with Crippen LogP contribution in [-0.4, -0.2) is 28.1 Å². The van der Waals surface area contributed by atoms with Crippen LogP contribution in [0.1, 0.15) is 61.8 Å². The van der Waals surface area contributed by atoms with Gasteiger partial charge in [0, 0.05) is 26.6 Å². The van der Waals surface area contributed by atoms with E-state index in [1.54, 1.807) is 35.2 Å². The van der Waals surface area contributed by atoms with Gasteiger partial charge in [0.15, 0.2) is 11.7 Å². The van der Waals surface area contributed by atoms with Crippen molar-refractivity contribution in [1.82, 2.24) is 4.57 Å². The number of esters is 2.